The van der Waals surface area contributed by atoms with Crippen LogP contribution in [0.4, 0.5) is 0 Å². The van der Waals surface area contributed by atoms with Gasteiger partial charge in [0.05, 0.1) is 0 Å². The maximum atomic E-state index is 8.90. The van der Waals surface area contributed by atoms with Crippen molar-refractivity contribution in [1.29, 1.82) is 0 Å². The second-order valence-corrected chi connectivity index (χ2v) is 3.50. The topological polar surface area (TPSA) is 32.3 Å². The smallest absolute Gasteiger partial charge is 0.0485 e. The lowest BCUT2D eigenvalue weighted by Gasteiger charge is -2.39. The molecule has 1 heterocycles. The molecule has 0 amide bonds. The standard InChI is InChI=1S/C7H15NO/c1-7(2,5-9)6-3-8-4-6/h6,8-9H,3-5H2,1-2H3. The molecule has 9 heavy (non-hydrogen) atoms. The van der Waals surface area contributed by atoms with Gasteiger partial charge in [-0.3, -0.25) is 0 Å². The normalized spacial score (nSPS) is 21.7. The van der Waals surface area contributed by atoms with Gasteiger partial charge < -0.3 is 10.4 Å². The first-order valence-electron chi connectivity index (χ1n) is 3.48. The maximum absolute atomic E-state index is 8.90. The summed E-state index contributed by atoms with van der Waals surface area (Å²) in [6, 6.07) is 0. The minimum atomic E-state index is 0.130. The summed E-state index contributed by atoms with van der Waals surface area (Å²) in [6.07, 6.45) is 0. The summed E-state index contributed by atoms with van der Waals surface area (Å²) < 4.78 is 0. The van der Waals surface area contributed by atoms with Crippen LogP contribution in [0.3, 0.4) is 0 Å². The number of aliphatic hydroxyl groups excluding tert-OH is 1. The third-order valence-corrected chi connectivity index (χ3v) is 2.29. The number of hydrogen-bond donors (Lipinski definition) is 2. The quantitative estimate of drug-likeness (QED) is 0.559. The van der Waals surface area contributed by atoms with E-state index in [0.717, 1.165) is 13.1 Å². The van der Waals surface area contributed by atoms with E-state index in [9.17, 15) is 0 Å². The van der Waals surface area contributed by atoms with Crippen molar-refractivity contribution in [1.82, 2.24) is 5.32 Å². The zero-order chi connectivity index (χ0) is 6.91. The molecule has 1 saturated heterocycles. The van der Waals surface area contributed by atoms with Crippen molar-refractivity contribution in [2.45, 2.75) is 13.8 Å². The van der Waals surface area contributed by atoms with Crippen molar-refractivity contribution in [2.24, 2.45) is 11.3 Å². The van der Waals surface area contributed by atoms with Gasteiger partial charge in [0.15, 0.2) is 0 Å². The van der Waals surface area contributed by atoms with Crippen molar-refractivity contribution < 1.29 is 5.11 Å². The fourth-order valence-electron chi connectivity index (χ4n) is 0.970. The van der Waals surface area contributed by atoms with Gasteiger partial charge in [0.1, 0.15) is 0 Å². The summed E-state index contributed by atoms with van der Waals surface area (Å²) in [4.78, 5) is 0. The summed E-state index contributed by atoms with van der Waals surface area (Å²) in [6.45, 7) is 6.68. The summed E-state index contributed by atoms with van der Waals surface area (Å²) in [5.41, 5.74) is 0.130. The van der Waals surface area contributed by atoms with Crippen LogP contribution in [0.15, 0.2) is 0 Å². The molecule has 0 aromatic heterocycles. The number of nitrogens with one attached hydrogen (secondary N) is 1. The Morgan fingerprint density at radius 3 is 2.22 bits per heavy atom. The molecule has 1 aliphatic rings. The lowest BCUT2D eigenvalue weighted by molar-refractivity contribution is 0.0653. The zero-order valence-corrected chi connectivity index (χ0v) is 6.15. The lowest BCUT2D eigenvalue weighted by Crippen LogP contribution is -2.51. The van der Waals surface area contributed by atoms with Crippen molar-refractivity contribution >= 4 is 0 Å². The third kappa shape index (κ3) is 1.25. The van der Waals surface area contributed by atoms with Crippen molar-refractivity contribution in [2.75, 3.05) is 19.7 Å². The van der Waals surface area contributed by atoms with Gasteiger partial charge in [-0.05, 0) is 24.4 Å². The van der Waals surface area contributed by atoms with Crippen LogP contribution in [0.2, 0.25) is 0 Å². The predicted octanol–water partition coefficient (Wildman–Crippen LogP) is 0.224. The molecule has 0 aromatic rings. The molecule has 0 unspecified atom stereocenters. The van der Waals surface area contributed by atoms with Crippen LogP contribution in [0.1, 0.15) is 13.8 Å². The lowest BCUT2D eigenvalue weighted by atomic mass is 9.76. The SMILES string of the molecule is CC(C)(CO)C1CNC1. The van der Waals surface area contributed by atoms with Crippen LogP contribution < -0.4 is 5.32 Å². The first kappa shape index (κ1) is 7.03. The van der Waals surface area contributed by atoms with E-state index < -0.39 is 0 Å². The van der Waals surface area contributed by atoms with E-state index in [4.69, 9.17) is 5.11 Å². The zero-order valence-electron chi connectivity index (χ0n) is 6.15. The summed E-state index contributed by atoms with van der Waals surface area (Å²) in [5.74, 6) is 0.683. The highest BCUT2D eigenvalue weighted by Gasteiger charge is 2.32. The molecule has 0 aliphatic carbocycles. The van der Waals surface area contributed by atoms with Crippen LogP contribution in [-0.4, -0.2) is 24.8 Å². The van der Waals surface area contributed by atoms with Gasteiger partial charge >= 0.3 is 0 Å². The largest absolute Gasteiger partial charge is 0.396 e. The molecule has 0 radical (unpaired) electrons. The Labute approximate surface area is 56.3 Å². The van der Waals surface area contributed by atoms with Crippen LogP contribution >= 0.6 is 0 Å². The molecule has 0 spiro atoms. The van der Waals surface area contributed by atoms with E-state index in [1.807, 2.05) is 0 Å². The Kier molecular flexibility index (Phi) is 1.78. The Bertz CT molecular complexity index is 97.1. The minimum absolute atomic E-state index is 0.130. The number of hydrogen-bond acceptors (Lipinski definition) is 2. The average molecular weight is 129 g/mol. The second-order valence-electron chi connectivity index (χ2n) is 3.50. The van der Waals surface area contributed by atoms with Crippen molar-refractivity contribution in [3.8, 4) is 0 Å². The minimum Gasteiger partial charge on any atom is -0.396 e. The highest BCUT2D eigenvalue weighted by molar-refractivity contribution is 4.86. The van der Waals surface area contributed by atoms with E-state index in [0.29, 0.717) is 12.5 Å². The molecule has 0 aromatic carbocycles. The monoisotopic (exact) mass is 129 g/mol. The second kappa shape index (κ2) is 2.27. The maximum Gasteiger partial charge on any atom is 0.0485 e. The molecule has 1 aliphatic heterocycles. The van der Waals surface area contributed by atoms with Crippen LogP contribution in [0.5, 0.6) is 0 Å². The molecule has 1 fully saturated rings. The van der Waals surface area contributed by atoms with Gasteiger partial charge in [-0.25, -0.2) is 0 Å². The van der Waals surface area contributed by atoms with E-state index in [-0.39, 0.29) is 5.41 Å². The van der Waals surface area contributed by atoms with Gasteiger partial charge in [0.25, 0.3) is 0 Å². The molecule has 54 valence electrons. The molecule has 2 nitrogen and oxygen atoms in total. The molecular formula is C7H15NO. The van der Waals surface area contributed by atoms with Crippen LogP contribution in [0, 0.1) is 11.3 Å². The third-order valence-electron chi connectivity index (χ3n) is 2.29. The molecule has 1 rings (SSSR count). The van der Waals surface area contributed by atoms with E-state index in [1.54, 1.807) is 0 Å². The predicted molar refractivity (Wildman–Crippen MR) is 37.2 cm³/mol. The average Bonchev–Trinajstić information content (AvgIpc) is 1.60. The molecule has 0 atom stereocenters. The Morgan fingerprint density at radius 1 is 1.56 bits per heavy atom. The number of aliphatic hydroxyl groups is 1. The van der Waals surface area contributed by atoms with E-state index in [1.165, 1.54) is 0 Å². The molecule has 2 N–H and O–H groups in total. The van der Waals surface area contributed by atoms with Crippen LogP contribution in [-0.2, 0) is 0 Å². The fourth-order valence-corrected chi connectivity index (χ4v) is 0.970. The first-order chi connectivity index (χ1) is 4.17. The first-order valence-corrected chi connectivity index (χ1v) is 3.48. The molecule has 0 bridgehead atoms. The molecule has 2 heteroatoms. The highest BCUT2D eigenvalue weighted by atomic mass is 16.3. The van der Waals surface area contributed by atoms with Gasteiger partial charge in [0, 0.05) is 6.61 Å². The molecular weight excluding hydrogens is 114 g/mol. The van der Waals surface area contributed by atoms with Gasteiger partial charge in [-0.2, -0.15) is 0 Å². The van der Waals surface area contributed by atoms with Gasteiger partial charge in [-0.15, -0.1) is 0 Å². The van der Waals surface area contributed by atoms with E-state index >= 15 is 0 Å². The number of rotatable bonds is 2. The Balaban J connectivity index is 2.37. The Hall–Kier alpha value is -0.0800. The summed E-state index contributed by atoms with van der Waals surface area (Å²) >= 11 is 0. The molecule has 0 saturated carbocycles. The summed E-state index contributed by atoms with van der Waals surface area (Å²) in [5, 5.41) is 12.1. The Morgan fingerprint density at radius 2 is 2.11 bits per heavy atom. The fraction of sp³-hybridized carbons (Fsp3) is 1.00. The van der Waals surface area contributed by atoms with Gasteiger partial charge in [0.2, 0.25) is 0 Å². The van der Waals surface area contributed by atoms with Crippen molar-refractivity contribution in [3.63, 3.8) is 0 Å². The highest BCUT2D eigenvalue weighted by Crippen LogP contribution is 2.28. The van der Waals surface area contributed by atoms with Crippen molar-refractivity contribution in [3.05, 3.63) is 0 Å². The van der Waals surface area contributed by atoms with Crippen LogP contribution in [0.25, 0.3) is 0 Å². The van der Waals surface area contributed by atoms with Gasteiger partial charge in [-0.1, -0.05) is 13.8 Å². The summed E-state index contributed by atoms with van der Waals surface area (Å²) in [7, 11) is 0. The van der Waals surface area contributed by atoms with E-state index in [2.05, 4.69) is 19.2 Å².